The maximum atomic E-state index is 5.65. The summed E-state index contributed by atoms with van der Waals surface area (Å²) in [5.41, 5.74) is 12.5. The second-order valence-electron chi connectivity index (χ2n) is 14.3. The van der Waals surface area contributed by atoms with Gasteiger partial charge in [0.05, 0.1) is 25.3 Å². The summed E-state index contributed by atoms with van der Waals surface area (Å²) in [5, 5.41) is 5.01. The molecule has 5 aromatic carbocycles. The van der Waals surface area contributed by atoms with Crippen LogP contribution >= 0.6 is 0 Å². The monoisotopic (exact) mass is 708 g/mol. The largest absolute Gasteiger partial charge is 0.497 e. The topological polar surface area (TPSA) is 36.1 Å². The van der Waals surface area contributed by atoms with Crippen molar-refractivity contribution in [2.75, 3.05) is 14.2 Å². The first kappa shape index (κ1) is 33.4. The van der Waals surface area contributed by atoms with Gasteiger partial charge in [-0.05, 0) is 35.4 Å². The van der Waals surface area contributed by atoms with Gasteiger partial charge in [-0.3, -0.25) is 0 Å². The van der Waals surface area contributed by atoms with E-state index in [1.165, 1.54) is 77.3 Å². The van der Waals surface area contributed by atoms with Crippen LogP contribution in [0.4, 0.5) is 0 Å². The lowest BCUT2D eigenvalue weighted by Gasteiger charge is -2.10. The minimum Gasteiger partial charge on any atom is -0.497 e. The molecule has 0 amide bonds. The Hall–Kier alpha value is -6.40. The van der Waals surface area contributed by atoms with Crippen molar-refractivity contribution in [2.24, 2.45) is 0 Å². The first-order valence-corrected chi connectivity index (χ1v) is 18.6. The van der Waals surface area contributed by atoms with Crippen molar-refractivity contribution >= 4 is 43.6 Å². The molecule has 4 heterocycles. The highest BCUT2D eigenvalue weighted by Crippen LogP contribution is 2.34. The molecule has 0 unspecified atom stereocenters. The highest BCUT2D eigenvalue weighted by Gasteiger charge is 2.22. The van der Waals surface area contributed by atoms with Gasteiger partial charge >= 0.3 is 0 Å². The van der Waals surface area contributed by atoms with Crippen molar-refractivity contribution in [2.45, 2.75) is 40.0 Å². The van der Waals surface area contributed by atoms with Gasteiger partial charge in [-0.25, -0.2) is 0 Å². The summed E-state index contributed by atoms with van der Waals surface area (Å²) < 4.78 is 21.0. The molecule has 6 heteroatoms. The Morgan fingerprint density at radius 2 is 0.852 bits per heavy atom. The average Bonchev–Trinajstić information content (AvgIpc) is 3.70. The van der Waals surface area contributed by atoms with Crippen LogP contribution in [-0.4, -0.2) is 23.4 Å². The van der Waals surface area contributed by atoms with E-state index in [-0.39, 0.29) is 0 Å². The van der Waals surface area contributed by atoms with E-state index in [1.807, 2.05) is 0 Å². The molecule has 9 rings (SSSR count). The van der Waals surface area contributed by atoms with Crippen LogP contribution in [-0.2, 0) is 26.2 Å². The lowest BCUT2D eigenvalue weighted by atomic mass is 10.1. The Morgan fingerprint density at radius 3 is 1.24 bits per heavy atom. The van der Waals surface area contributed by atoms with Crippen molar-refractivity contribution in [3.05, 3.63) is 179 Å². The molecule has 0 N–H and O–H groups in total. The quantitative estimate of drug-likeness (QED) is 0.133. The Balaban J connectivity index is 1.03. The van der Waals surface area contributed by atoms with Crippen LogP contribution in [0.1, 0.15) is 33.6 Å². The van der Waals surface area contributed by atoms with E-state index in [9.17, 15) is 0 Å². The number of hydrogen-bond acceptors (Lipinski definition) is 2. The fourth-order valence-corrected chi connectivity index (χ4v) is 8.25. The molecule has 0 saturated carbocycles. The number of aromatic nitrogens is 4. The summed E-state index contributed by atoms with van der Waals surface area (Å²) in [6.45, 7) is 7.65. The van der Waals surface area contributed by atoms with E-state index >= 15 is 0 Å². The van der Waals surface area contributed by atoms with E-state index in [0.717, 1.165) is 37.7 Å². The Bertz CT molecular complexity index is 2610. The third kappa shape index (κ3) is 5.94. The van der Waals surface area contributed by atoms with E-state index in [0.29, 0.717) is 0 Å². The number of ether oxygens (including phenoxy) is 2. The van der Waals surface area contributed by atoms with Crippen LogP contribution in [0.2, 0.25) is 0 Å². The first-order valence-electron chi connectivity index (χ1n) is 18.6. The van der Waals surface area contributed by atoms with Gasteiger partial charge in [-0.15, -0.1) is 0 Å². The van der Waals surface area contributed by atoms with Crippen LogP contribution in [0.5, 0.6) is 11.5 Å². The fraction of sp³-hybridized carbons (Fsp3) is 0.167. The van der Waals surface area contributed by atoms with Gasteiger partial charge in [0.15, 0.2) is 25.5 Å². The predicted molar refractivity (Wildman–Crippen MR) is 218 cm³/mol. The third-order valence-corrected chi connectivity index (χ3v) is 11.1. The van der Waals surface area contributed by atoms with Gasteiger partial charge in [0.1, 0.15) is 22.5 Å². The minimum atomic E-state index is 0.789. The summed E-state index contributed by atoms with van der Waals surface area (Å²) in [5.74, 6) is 1.74. The molecule has 6 nitrogen and oxygen atoms in total. The van der Waals surface area contributed by atoms with E-state index < -0.39 is 0 Å². The minimum absolute atomic E-state index is 0.789. The second kappa shape index (κ2) is 13.9. The van der Waals surface area contributed by atoms with Gasteiger partial charge in [-0.1, -0.05) is 84.9 Å². The summed E-state index contributed by atoms with van der Waals surface area (Å²) >= 11 is 0. The predicted octanol–water partition coefficient (Wildman–Crippen LogP) is 9.30. The molecule has 0 aliphatic rings. The van der Waals surface area contributed by atoms with E-state index in [4.69, 9.17) is 9.47 Å². The molecular formula is C48H44N4O2+2. The number of fused-ring (bicyclic) bond motifs is 6. The third-order valence-electron chi connectivity index (χ3n) is 11.1. The Morgan fingerprint density at radius 1 is 0.444 bits per heavy atom. The zero-order chi connectivity index (χ0) is 36.8. The number of methoxy groups -OCH3 is 2. The maximum Gasteiger partial charge on any atom is 0.203 e. The van der Waals surface area contributed by atoms with Gasteiger partial charge < -0.3 is 18.6 Å². The Kier molecular flexibility index (Phi) is 8.58. The van der Waals surface area contributed by atoms with E-state index in [2.05, 4.69) is 178 Å². The highest BCUT2D eigenvalue weighted by molar-refractivity contribution is 6.09. The fourth-order valence-electron chi connectivity index (χ4n) is 8.25. The number of aryl methyl sites for hydroxylation is 2. The van der Waals surface area contributed by atoms with Crippen molar-refractivity contribution in [1.82, 2.24) is 9.13 Å². The zero-order valence-corrected chi connectivity index (χ0v) is 31.3. The summed E-state index contributed by atoms with van der Waals surface area (Å²) in [6, 6.07) is 47.9. The van der Waals surface area contributed by atoms with E-state index in [1.54, 1.807) is 14.2 Å². The van der Waals surface area contributed by atoms with Crippen LogP contribution in [0.3, 0.4) is 0 Å². The van der Waals surface area contributed by atoms with Crippen molar-refractivity contribution in [1.29, 1.82) is 0 Å². The molecule has 0 aliphatic heterocycles. The molecule has 0 saturated heterocycles. The number of rotatable bonds is 10. The molecule has 0 bridgehead atoms. The average molecular weight is 709 g/mol. The van der Waals surface area contributed by atoms with Crippen LogP contribution in [0.25, 0.3) is 43.6 Å². The van der Waals surface area contributed by atoms with Crippen LogP contribution in [0.15, 0.2) is 146 Å². The molecule has 0 radical (unpaired) electrons. The molecular weight excluding hydrogens is 665 g/mol. The normalized spacial score (nSPS) is 11.6. The highest BCUT2D eigenvalue weighted by atomic mass is 16.5. The molecule has 0 atom stereocenters. The van der Waals surface area contributed by atoms with Crippen molar-refractivity contribution in [3.8, 4) is 11.5 Å². The van der Waals surface area contributed by atoms with Crippen molar-refractivity contribution in [3.63, 3.8) is 0 Å². The van der Waals surface area contributed by atoms with Gasteiger partial charge in [-0.2, -0.15) is 9.13 Å². The molecule has 0 spiro atoms. The number of pyridine rings is 2. The molecule has 0 aliphatic carbocycles. The molecule has 0 fully saturated rings. The van der Waals surface area contributed by atoms with Gasteiger partial charge in [0.2, 0.25) is 11.4 Å². The SMILES string of the molecule is COc1ccc2c3cc[n+](Cc4ccc(C[n+]5ccc6c7ccc(OC)cc7n(Cc7ccccc7)c6c5C)cc4)c(C)c3n(Cc3ccccc3)c2c1. The second-order valence-corrected chi connectivity index (χ2v) is 14.3. The molecule has 266 valence electrons. The smallest absolute Gasteiger partial charge is 0.203 e. The maximum absolute atomic E-state index is 5.65. The van der Waals surface area contributed by atoms with Gasteiger partial charge in [0.25, 0.3) is 0 Å². The lowest BCUT2D eigenvalue weighted by Crippen LogP contribution is -2.38. The van der Waals surface area contributed by atoms with Crippen molar-refractivity contribution < 1.29 is 18.6 Å². The number of hydrogen-bond donors (Lipinski definition) is 0. The molecule has 54 heavy (non-hydrogen) atoms. The van der Waals surface area contributed by atoms with Crippen LogP contribution in [0, 0.1) is 13.8 Å². The number of nitrogens with zero attached hydrogens (tertiary/aromatic N) is 4. The Labute approximate surface area is 315 Å². The first-order chi connectivity index (χ1) is 26.5. The van der Waals surface area contributed by atoms with Crippen LogP contribution < -0.4 is 18.6 Å². The van der Waals surface area contributed by atoms with Gasteiger partial charge in [0, 0.05) is 83.9 Å². The summed E-state index contributed by atoms with van der Waals surface area (Å²) in [6.07, 6.45) is 4.47. The summed E-state index contributed by atoms with van der Waals surface area (Å²) in [7, 11) is 3.47. The number of benzene rings is 5. The standard InChI is InChI=1S/C48H44N4O2/c1-33-47-43(41-21-19-39(53-3)27-45(41)51(47)31-35-11-7-5-8-12-35)23-25-49(33)29-37-15-17-38(18-16-37)30-50-26-24-44-42-22-20-40(54-4)28-46(42)52(48(44)34(50)2)32-36-13-9-6-10-14-36/h5-28H,29-32H2,1-4H3/q+2. The summed E-state index contributed by atoms with van der Waals surface area (Å²) in [4.78, 5) is 0. The lowest BCUT2D eigenvalue weighted by molar-refractivity contribution is -0.693. The zero-order valence-electron chi connectivity index (χ0n) is 31.3. The molecule has 4 aromatic heterocycles. The molecule has 9 aromatic rings.